The van der Waals surface area contributed by atoms with E-state index in [1.807, 2.05) is 0 Å². The average Bonchev–Trinajstić information content (AvgIpc) is 2.70. The van der Waals surface area contributed by atoms with E-state index >= 15 is 0 Å². The lowest BCUT2D eigenvalue weighted by Crippen LogP contribution is -2.11. The molecule has 1 aromatic carbocycles. The Labute approximate surface area is 123 Å². The van der Waals surface area contributed by atoms with Crippen molar-refractivity contribution in [3.8, 4) is 22.8 Å². The van der Waals surface area contributed by atoms with E-state index in [4.69, 9.17) is 15.2 Å². The second-order valence-corrected chi connectivity index (χ2v) is 4.71. The van der Waals surface area contributed by atoms with Crippen LogP contribution >= 0.6 is 0 Å². The first-order chi connectivity index (χ1) is 10.4. The van der Waals surface area contributed by atoms with Crippen molar-refractivity contribution < 1.29 is 22.6 Å². The zero-order valence-electron chi connectivity index (χ0n) is 11.4. The maximum atomic E-state index is 12.8. The van der Waals surface area contributed by atoms with Crippen LogP contribution in [0, 0.1) is 0 Å². The Balaban J connectivity index is 2.04. The summed E-state index contributed by atoms with van der Waals surface area (Å²) in [5.74, 6) is 0.594. The first-order valence-electron chi connectivity index (χ1n) is 6.55. The van der Waals surface area contributed by atoms with Crippen molar-refractivity contribution in [3.63, 3.8) is 0 Å². The number of aromatic nitrogens is 2. The molecule has 0 radical (unpaired) electrons. The van der Waals surface area contributed by atoms with Crippen molar-refractivity contribution in [1.29, 1.82) is 0 Å². The molecule has 2 N–H and O–H groups in total. The van der Waals surface area contributed by atoms with Crippen LogP contribution in [0.5, 0.6) is 11.5 Å². The maximum Gasteiger partial charge on any atom is 0.433 e. The van der Waals surface area contributed by atoms with Gasteiger partial charge in [-0.1, -0.05) is 0 Å². The number of halogens is 3. The third kappa shape index (κ3) is 2.90. The highest BCUT2D eigenvalue weighted by atomic mass is 19.4. The molecule has 1 aliphatic heterocycles. The number of hydrogen-bond acceptors (Lipinski definition) is 5. The van der Waals surface area contributed by atoms with E-state index in [1.54, 1.807) is 18.2 Å². The van der Waals surface area contributed by atoms with Gasteiger partial charge in [-0.25, -0.2) is 9.97 Å². The molecular weight excluding hydrogens is 299 g/mol. The molecule has 3 rings (SSSR count). The summed E-state index contributed by atoms with van der Waals surface area (Å²) in [7, 11) is 0. The van der Waals surface area contributed by atoms with Gasteiger partial charge in [-0.3, -0.25) is 0 Å². The highest BCUT2D eigenvalue weighted by Gasteiger charge is 2.33. The molecule has 0 bridgehead atoms. The Morgan fingerprint density at radius 1 is 1.00 bits per heavy atom. The Morgan fingerprint density at radius 2 is 1.73 bits per heavy atom. The predicted molar refractivity (Wildman–Crippen MR) is 72.5 cm³/mol. The Hall–Kier alpha value is -2.51. The molecule has 2 aromatic rings. The van der Waals surface area contributed by atoms with Crippen LogP contribution < -0.4 is 15.2 Å². The van der Waals surface area contributed by atoms with Crippen LogP contribution in [-0.4, -0.2) is 23.2 Å². The van der Waals surface area contributed by atoms with Crippen molar-refractivity contribution >= 4 is 5.95 Å². The highest BCUT2D eigenvalue weighted by Crippen LogP contribution is 2.35. The van der Waals surface area contributed by atoms with Gasteiger partial charge >= 0.3 is 6.18 Å². The topological polar surface area (TPSA) is 70.3 Å². The molecule has 0 fully saturated rings. The number of nitrogen functional groups attached to an aromatic ring is 1. The summed E-state index contributed by atoms with van der Waals surface area (Å²) in [6.07, 6.45) is -3.85. The number of alkyl halides is 3. The first kappa shape index (κ1) is 14.4. The number of anilines is 1. The van der Waals surface area contributed by atoms with E-state index in [9.17, 15) is 13.2 Å². The lowest BCUT2D eigenvalue weighted by atomic mass is 10.1. The van der Waals surface area contributed by atoms with E-state index in [0.29, 0.717) is 30.3 Å². The van der Waals surface area contributed by atoms with Crippen LogP contribution in [0.4, 0.5) is 19.1 Å². The molecule has 0 amide bonds. The zero-order chi connectivity index (χ0) is 15.7. The van der Waals surface area contributed by atoms with E-state index in [1.165, 1.54) is 0 Å². The van der Waals surface area contributed by atoms with Crippen LogP contribution in [0.1, 0.15) is 12.1 Å². The quantitative estimate of drug-likeness (QED) is 0.877. The molecular formula is C14H12F3N3O2. The van der Waals surface area contributed by atoms with E-state index in [2.05, 4.69) is 9.97 Å². The van der Waals surface area contributed by atoms with Gasteiger partial charge in [0.15, 0.2) is 17.2 Å². The molecule has 0 atom stereocenters. The number of benzene rings is 1. The fraction of sp³-hybridized carbons (Fsp3) is 0.286. The fourth-order valence-electron chi connectivity index (χ4n) is 2.08. The largest absolute Gasteiger partial charge is 0.490 e. The van der Waals surface area contributed by atoms with Gasteiger partial charge in [0.05, 0.1) is 18.9 Å². The third-order valence-electron chi connectivity index (χ3n) is 3.08. The monoisotopic (exact) mass is 311 g/mol. The summed E-state index contributed by atoms with van der Waals surface area (Å²) in [5.41, 5.74) is 4.82. The highest BCUT2D eigenvalue weighted by molar-refractivity contribution is 5.65. The van der Waals surface area contributed by atoms with Crippen LogP contribution in [0.2, 0.25) is 0 Å². The predicted octanol–water partition coefficient (Wildman–Crippen LogP) is 2.91. The molecule has 22 heavy (non-hydrogen) atoms. The molecule has 1 aliphatic rings. The molecule has 5 nitrogen and oxygen atoms in total. The normalized spacial score (nSPS) is 14.5. The second kappa shape index (κ2) is 5.36. The molecule has 8 heteroatoms. The van der Waals surface area contributed by atoms with Crippen molar-refractivity contribution in [1.82, 2.24) is 9.97 Å². The van der Waals surface area contributed by atoms with Crippen LogP contribution in [-0.2, 0) is 6.18 Å². The maximum absolute atomic E-state index is 12.8. The second-order valence-electron chi connectivity index (χ2n) is 4.71. The SMILES string of the molecule is Nc1nc(-c2ccc3c(c2)OCCCO3)cc(C(F)(F)F)n1. The van der Waals surface area contributed by atoms with Gasteiger partial charge in [0, 0.05) is 12.0 Å². The zero-order valence-corrected chi connectivity index (χ0v) is 11.4. The van der Waals surface area contributed by atoms with Crippen LogP contribution in [0.25, 0.3) is 11.3 Å². The van der Waals surface area contributed by atoms with Crippen molar-refractivity contribution in [2.45, 2.75) is 12.6 Å². The van der Waals surface area contributed by atoms with E-state index in [-0.39, 0.29) is 5.69 Å². The minimum Gasteiger partial charge on any atom is -0.490 e. The third-order valence-corrected chi connectivity index (χ3v) is 3.08. The molecule has 116 valence electrons. The van der Waals surface area contributed by atoms with Gasteiger partial charge in [-0.15, -0.1) is 0 Å². The molecule has 2 heterocycles. The summed E-state index contributed by atoms with van der Waals surface area (Å²) in [6.45, 7) is 1.02. The summed E-state index contributed by atoms with van der Waals surface area (Å²) in [6, 6.07) is 5.69. The van der Waals surface area contributed by atoms with Gasteiger partial charge in [0.25, 0.3) is 0 Å². The summed E-state index contributed by atoms with van der Waals surface area (Å²) >= 11 is 0. The molecule has 0 saturated heterocycles. The van der Waals surface area contributed by atoms with E-state index < -0.39 is 17.8 Å². The number of nitrogens with two attached hydrogens (primary N) is 1. The fourth-order valence-corrected chi connectivity index (χ4v) is 2.08. The summed E-state index contributed by atoms with van der Waals surface area (Å²) < 4.78 is 49.4. The smallest absolute Gasteiger partial charge is 0.433 e. The van der Waals surface area contributed by atoms with Gasteiger partial charge in [0.1, 0.15) is 0 Å². The Morgan fingerprint density at radius 3 is 2.45 bits per heavy atom. The Bertz CT molecular complexity index is 704. The molecule has 0 spiro atoms. The average molecular weight is 311 g/mol. The minimum atomic E-state index is -4.59. The number of fused-ring (bicyclic) bond motifs is 1. The molecule has 1 aromatic heterocycles. The van der Waals surface area contributed by atoms with Crippen molar-refractivity contribution in [2.75, 3.05) is 18.9 Å². The van der Waals surface area contributed by atoms with Gasteiger partial charge in [0.2, 0.25) is 5.95 Å². The lowest BCUT2D eigenvalue weighted by molar-refractivity contribution is -0.141. The van der Waals surface area contributed by atoms with Gasteiger partial charge < -0.3 is 15.2 Å². The summed E-state index contributed by atoms with van der Waals surface area (Å²) in [4.78, 5) is 7.08. The first-order valence-corrected chi connectivity index (χ1v) is 6.55. The summed E-state index contributed by atoms with van der Waals surface area (Å²) in [5, 5.41) is 0. The molecule has 0 saturated carbocycles. The number of ether oxygens (including phenoxy) is 2. The Kier molecular flexibility index (Phi) is 3.51. The number of hydrogen-bond donors (Lipinski definition) is 1. The van der Waals surface area contributed by atoms with Crippen molar-refractivity contribution in [2.24, 2.45) is 0 Å². The van der Waals surface area contributed by atoms with E-state index in [0.717, 1.165) is 12.5 Å². The molecule has 0 unspecified atom stereocenters. The van der Waals surface area contributed by atoms with Crippen LogP contribution in [0.15, 0.2) is 24.3 Å². The van der Waals surface area contributed by atoms with Gasteiger partial charge in [-0.2, -0.15) is 13.2 Å². The molecule has 0 aliphatic carbocycles. The minimum absolute atomic E-state index is 0.0791. The standard InChI is InChI=1S/C14H12F3N3O2/c15-14(16,17)12-7-9(19-13(18)20-12)8-2-3-10-11(6-8)22-5-1-4-21-10/h2-3,6-7H,1,4-5H2,(H2,18,19,20). The number of nitrogens with zero attached hydrogens (tertiary/aromatic N) is 2. The van der Waals surface area contributed by atoms with Gasteiger partial charge in [-0.05, 0) is 24.3 Å². The van der Waals surface area contributed by atoms with Crippen LogP contribution in [0.3, 0.4) is 0 Å². The van der Waals surface area contributed by atoms with Crippen molar-refractivity contribution in [3.05, 3.63) is 30.0 Å². The lowest BCUT2D eigenvalue weighted by Gasteiger charge is -2.11. The number of rotatable bonds is 1.